The Morgan fingerprint density at radius 3 is 2.68 bits per heavy atom. The molecule has 2 atom stereocenters. The molecule has 0 spiro atoms. The molecule has 0 amide bonds. The third-order valence-electron chi connectivity index (χ3n) is 4.91. The normalized spacial score (nSPS) is 18.2. The van der Waals surface area contributed by atoms with Crippen LogP contribution in [0.5, 0.6) is 0 Å². The van der Waals surface area contributed by atoms with Crippen LogP contribution < -0.4 is 4.90 Å². The Labute approximate surface area is 167 Å². The average molecular weight is 422 g/mol. The summed E-state index contributed by atoms with van der Waals surface area (Å²) in [4.78, 5) is 15.2. The number of nitrogens with one attached hydrogen (secondary N) is 1. The van der Waals surface area contributed by atoms with E-state index in [1.165, 1.54) is 17.8 Å². The largest absolute Gasteiger partial charge is 0.391 e. The zero-order valence-electron chi connectivity index (χ0n) is 15.3. The van der Waals surface area contributed by atoms with Crippen LogP contribution in [0.3, 0.4) is 0 Å². The van der Waals surface area contributed by atoms with E-state index in [0.29, 0.717) is 33.4 Å². The van der Waals surface area contributed by atoms with Crippen LogP contribution >= 0.6 is 19.9 Å². The fourth-order valence-corrected chi connectivity index (χ4v) is 5.34. The summed E-state index contributed by atoms with van der Waals surface area (Å²) in [6.07, 6.45) is 2.05. The molecule has 0 saturated carbocycles. The van der Waals surface area contributed by atoms with Gasteiger partial charge < -0.3 is 19.9 Å². The molecule has 2 heterocycles. The second-order valence-corrected chi connectivity index (χ2v) is 10.1. The molecular formula is C20H21F2N2O2PS. The number of nitrogens with zero attached hydrogens (tertiary/aromatic N) is 1. The number of H-pyrrole nitrogens is 1. The predicted molar refractivity (Wildman–Crippen MR) is 112 cm³/mol. The van der Waals surface area contributed by atoms with Gasteiger partial charge in [0.15, 0.2) is 0 Å². The van der Waals surface area contributed by atoms with Gasteiger partial charge in [0.1, 0.15) is 11.6 Å². The van der Waals surface area contributed by atoms with Gasteiger partial charge in [-0.25, -0.2) is 8.78 Å². The number of aromatic nitrogens is 1. The maximum Gasteiger partial charge on any atom is 0.144 e. The van der Waals surface area contributed by atoms with Crippen LogP contribution in [0.25, 0.3) is 22.0 Å². The molecule has 4 rings (SSSR count). The van der Waals surface area contributed by atoms with E-state index in [-0.39, 0.29) is 11.7 Å². The van der Waals surface area contributed by atoms with Crippen LogP contribution in [0.2, 0.25) is 0 Å². The third kappa shape index (κ3) is 3.77. The van der Waals surface area contributed by atoms with Gasteiger partial charge in [-0.1, -0.05) is 12.1 Å². The Morgan fingerprint density at radius 2 is 2.04 bits per heavy atom. The van der Waals surface area contributed by atoms with Gasteiger partial charge >= 0.3 is 0 Å². The molecule has 1 aliphatic rings. The van der Waals surface area contributed by atoms with Crippen molar-refractivity contribution in [1.82, 2.24) is 4.98 Å². The lowest BCUT2D eigenvalue weighted by atomic mass is 10.0. The first-order valence-corrected chi connectivity index (χ1v) is 11.9. The second kappa shape index (κ2) is 7.99. The molecule has 0 bridgehead atoms. The molecule has 2 aromatic carbocycles. The summed E-state index contributed by atoms with van der Waals surface area (Å²) >= 11 is 1.36. The molecule has 1 aliphatic heterocycles. The summed E-state index contributed by atoms with van der Waals surface area (Å²) in [5.74, 6) is -1.21. The SMILES string of the molecule is CP(O)CSc1c[nH]c2cc(F)c(-c3ccc(N4CCC(O)C4)cc3)c(F)c12. The molecule has 148 valence electrons. The highest BCUT2D eigenvalue weighted by Crippen LogP contribution is 2.40. The molecule has 1 saturated heterocycles. The van der Waals surface area contributed by atoms with Crippen molar-refractivity contribution in [2.24, 2.45) is 0 Å². The number of hydrogen-bond donors (Lipinski definition) is 3. The van der Waals surface area contributed by atoms with Crippen LogP contribution in [0.1, 0.15) is 6.42 Å². The summed E-state index contributed by atoms with van der Waals surface area (Å²) in [5, 5.41) is 10.0. The number of fused-ring (bicyclic) bond motifs is 1. The van der Waals surface area contributed by atoms with Crippen molar-refractivity contribution in [1.29, 1.82) is 0 Å². The lowest BCUT2D eigenvalue weighted by Crippen LogP contribution is -2.20. The smallest absolute Gasteiger partial charge is 0.144 e. The van der Waals surface area contributed by atoms with Crippen molar-refractivity contribution in [2.45, 2.75) is 17.4 Å². The first kappa shape index (κ1) is 19.6. The van der Waals surface area contributed by atoms with Gasteiger partial charge in [-0.3, -0.25) is 0 Å². The Kier molecular flexibility index (Phi) is 5.61. The van der Waals surface area contributed by atoms with Gasteiger partial charge in [-0.05, 0) is 36.8 Å². The van der Waals surface area contributed by atoms with E-state index in [9.17, 15) is 14.4 Å². The van der Waals surface area contributed by atoms with Gasteiger partial charge in [-0.2, -0.15) is 0 Å². The maximum absolute atomic E-state index is 15.3. The van der Waals surface area contributed by atoms with Crippen molar-refractivity contribution >= 4 is 36.5 Å². The summed E-state index contributed by atoms with van der Waals surface area (Å²) in [6, 6.07) is 8.41. The number of aliphatic hydroxyl groups excluding tert-OH is 1. The minimum absolute atomic E-state index is 0.0512. The van der Waals surface area contributed by atoms with E-state index in [4.69, 9.17) is 0 Å². The Balaban J connectivity index is 1.70. The van der Waals surface area contributed by atoms with Gasteiger partial charge in [0.25, 0.3) is 0 Å². The zero-order valence-corrected chi connectivity index (χ0v) is 17.0. The topological polar surface area (TPSA) is 59.5 Å². The van der Waals surface area contributed by atoms with E-state index in [1.807, 2.05) is 12.1 Å². The van der Waals surface area contributed by atoms with E-state index >= 15 is 4.39 Å². The van der Waals surface area contributed by atoms with Crippen molar-refractivity contribution in [3.8, 4) is 11.1 Å². The standard InChI is InChI=1S/C20H21F2N2O2PS/c1-27(26)11-28-17-9-23-16-8-15(21)18(20(22)19(16)17)12-2-4-13(5-3-12)24-7-6-14(25)10-24/h2-5,8-9,14,23,25-26H,6-7,10-11H2,1H3. The first-order valence-electron chi connectivity index (χ1n) is 8.99. The third-order valence-corrected chi connectivity index (χ3v) is 7.56. The molecule has 3 N–H and O–H groups in total. The molecular weight excluding hydrogens is 401 g/mol. The number of aliphatic hydroxyl groups is 1. The fourth-order valence-electron chi connectivity index (χ4n) is 3.55. The molecule has 28 heavy (non-hydrogen) atoms. The maximum atomic E-state index is 15.3. The second-order valence-electron chi connectivity index (χ2n) is 6.99. The molecule has 2 unspecified atom stereocenters. The number of benzene rings is 2. The summed E-state index contributed by atoms with van der Waals surface area (Å²) in [6.45, 7) is 3.08. The van der Waals surface area contributed by atoms with Crippen LogP contribution in [0.4, 0.5) is 14.5 Å². The molecule has 4 nitrogen and oxygen atoms in total. The van der Waals surface area contributed by atoms with Crippen LogP contribution in [-0.2, 0) is 0 Å². The van der Waals surface area contributed by atoms with Gasteiger partial charge in [-0.15, -0.1) is 11.8 Å². The highest BCUT2D eigenvalue weighted by molar-refractivity contribution is 8.04. The van der Waals surface area contributed by atoms with Gasteiger partial charge in [0.05, 0.1) is 17.2 Å². The van der Waals surface area contributed by atoms with Crippen LogP contribution in [0.15, 0.2) is 41.4 Å². The van der Waals surface area contributed by atoms with Gasteiger partial charge in [0, 0.05) is 48.9 Å². The summed E-state index contributed by atoms with van der Waals surface area (Å²) < 4.78 is 30.0. The Morgan fingerprint density at radius 1 is 1.29 bits per heavy atom. The number of rotatable bonds is 5. The van der Waals surface area contributed by atoms with Crippen LogP contribution in [-0.4, -0.2) is 46.3 Å². The highest BCUT2D eigenvalue weighted by atomic mass is 32.2. The minimum atomic E-state index is -1.11. The molecule has 8 heteroatoms. The van der Waals surface area contributed by atoms with Crippen molar-refractivity contribution in [3.63, 3.8) is 0 Å². The summed E-state index contributed by atoms with van der Waals surface area (Å²) in [7, 11) is -1.11. The molecule has 1 fully saturated rings. The van der Waals surface area contributed by atoms with Crippen molar-refractivity contribution in [3.05, 3.63) is 48.2 Å². The molecule has 0 aliphatic carbocycles. The summed E-state index contributed by atoms with van der Waals surface area (Å²) in [5.41, 5.74) is 2.24. The number of β-amino-alcohol motifs (C(OH)–C–C–N with tert-alkyl or cyclic N) is 1. The van der Waals surface area contributed by atoms with E-state index in [2.05, 4.69) is 9.88 Å². The lowest BCUT2D eigenvalue weighted by Gasteiger charge is -2.18. The molecule has 1 aromatic heterocycles. The van der Waals surface area contributed by atoms with E-state index < -0.39 is 19.8 Å². The number of halogens is 2. The first-order chi connectivity index (χ1) is 13.4. The number of anilines is 1. The quantitative estimate of drug-likeness (QED) is 0.410. The molecule has 0 radical (unpaired) electrons. The number of hydrogen-bond acceptors (Lipinski definition) is 4. The monoisotopic (exact) mass is 422 g/mol. The van der Waals surface area contributed by atoms with Crippen molar-refractivity contribution < 1.29 is 18.8 Å². The van der Waals surface area contributed by atoms with E-state index in [0.717, 1.165) is 18.7 Å². The van der Waals surface area contributed by atoms with Gasteiger partial charge in [0.2, 0.25) is 0 Å². The Hall–Kier alpha value is -1.66. The van der Waals surface area contributed by atoms with Crippen molar-refractivity contribution in [2.75, 3.05) is 30.1 Å². The van der Waals surface area contributed by atoms with Crippen LogP contribution in [0, 0.1) is 11.6 Å². The zero-order chi connectivity index (χ0) is 19.8. The number of thioether (sulfide) groups is 1. The fraction of sp³-hybridized carbons (Fsp3) is 0.300. The highest BCUT2D eigenvalue weighted by Gasteiger charge is 2.22. The molecule has 3 aromatic rings. The predicted octanol–water partition coefficient (Wildman–Crippen LogP) is 4.75. The average Bonchev–Trinajstić information content (AvgIpc) is 3.27. The lowest BCUT2D eigenvalue weighted by molar-refractivity contribution is 0.198. The number of aromatic amines is 1. The van der Waals surface area contributed by atoms with E-state index in [1.54, 1.807) is 25.0 Å². The minimum Gasteiger partial charge on any atom is -0.391 e. The Bertz CT molecular complexity index is 994.